The molecule has 164 valence electrons. The molecule has 2 atom stereocenters. The lowest BCUT2D eigenvalue weighted by molar-refractivity contribution is -0.387. The van der Waals surface area contributed by atoms with E-state index in [1.54, 1.807) is 6.08 Å². The highest BCUT2D eigenvalue weighted by Crippen LogP contribution is 2.54. The summed E-state index contributed by atoms with van der Waals surface area (Å²) in [6.45, 7) is 0.0841. The van der Waals surface area contributed by atoms with E-state index in [0.29, 0.717) is 17.0 Å². The van der Waals surface area contributed by atoms with E-state index >= 15 is 0 Å². The SMILES string of the molecule is COC(=O)C1=CCC2C3=Nc4ccccc4C13CCN2S(=O)(=O)c1ccccc1[N+](=O)[O-]. The second-order valence-electron chi connectivity index (χ2n) is 7.87. The summed E-state index contributed by atoms with van der Waals surface area (Å²) in [5.74, 6) is -0.470. The van der Waals surface area contributed by atoms with Gasteiger partial charge in [0.1, 0.15) is 0 Å². The van der Waals surface area contributed by atoms with E-state index in [1.165, 1.54) is 35.7 Å². The molecule has 0 N–H and O–H groups in total. The van der Waals surface area contributed by atoms with Gasteiger partial charge in [-0.2, -0.15) is 4.31 Å². The number of benzene rings is 2. The van der Waals surface area contributed by atoms with Gasteiger partial charge in [0.05, 0.1) is 34.9 Å². The molecule has 1 aliphatic carbocycles. The van der Waals surface area contributed by atoms with Crippen LogP contribution in [0.1, 0.15) is 18.4 Å². The van der Waals surface area contributed by atoms with E-state index in [2.05, 4.69) is 0 Å². The highest BCUT2D eigenvalue weighted by Gasteiger charge is 2.58. The van der Waals surface area contributed by atoms with E-state index in [0.717, 1.165) is 5.56 Å². The van der Waals surface area contributed by atoms with Crippen LogP contribution >= 0.6 is 0 Å². The van der Waals surface area contributed by atoms with E-state index in [9.17, 15) is 23.3 Å². The standard InChI is InChI=1S/C22H19N3O6S/c1-31-21(26)15-10-11-18-20-22(15,14-6-2-3-7-16(14)23-20)12-13-24(18)32(29,30)19-9-5-4-8-17(19)25(27)28/h2-10,18H,11-13H2,1H3. The zero-order valence-electron chi connectivity index (χ0n) is 17.1. The number of esters is 1. The number of nitro groups is 1. The Bertz CT molecular complexity index is 1330. The molecule has 10 heteroatoms. The van der Waals surface area contributed by atoms with Gasteiger partial charge in [-0.25, -0.2) is 13.2 Å². The Labute approximate surface area is 184 Å². The Hall–Kier alpha value is -3.37. The van der Waals surface area contributed by atoms with E-state index in [-0.39, 0.29) is 24.3 Å². The fourth-order valence-electron chi connectivity index (χ4n) is 5.15. The normalized spacial score (nSPS) is 24.1. The molecule has 3 aliphatic rings. The predicted molar refractivity (Wildman–Crippen MR) is 115 cm³/mol. The van der Waals surface area contributed by atoms with Crippen molar-refractivity contribution in [2.75, 3.05) is 13.7 Å². The van der Waals surface area contributed by atoms with Crippen LogP contribution < -0.4 is 0 Å². The van der Waals surface area contributed by atoms with Crippen LogP contribution in [0.2, 0.25) is 0 Å². The number of hydrogen-bond donors (Lipinski definition) is 0. The van der Waals surface area contributed by atoms with Crippen molar-refractivity contribution in [1.82, 2.24) is 4.31 Å². The maximum Gasteiger partial charge on any atom is 0.334 e. The quantitative estimate of drug-likeness (QED) is 0.399. The minimum atomic E-state index is -4.20. The molecule has 0 radical (unpaired) electrons. The van der Waals surface area contributed by atoms with E-state index in [4.69, 9.17) is 9.73 Å². The first-order chi connectivity index (χ1) is 15.3. The van der Waals surface area contributed by atoms with Crippen molar-refractivity contribution in [2.24, 2.45) is 4.99 Å². The number of fused-ring (bicyclic) bond motifs is 1. The Kier molecular flexibility index (Phi) is 4.54. The number of methoxy groups -OCH3 is 1. The summed E-state index contributed by atoms with van der Waals surface area (Å²) < 4.78 is 33.5. The maximum absolute atomic E-state index is 13.6. The highest BCUT2D eigenvalue weighted by atomic mass is 32.2. The second-order valence-corrected chi connectivity index (χ2v) is 9.73. The Morgan fingerprint density at radius 3 is 2.69 bits per heavy atom. The molecule has 0 saturated carbocycles. The van der Waals surface area contributed by atoms with Crippen molar-refractivity contribution in [3.63, 3.8) is 0 Å². The monoisotopic (exact) mass is 453 g/mol. The van der Waals surface area contributed by atoms with Gasteiger partial charge in [0.2, 0.25) is 0 Å². The van der Waals surface area contributed by atoms with Crippen LogP contribution in [-0.2, 0) is 25.0 Å². The number of piperidine rings is 1. The first-order valence-electron chi connectivity index (χ1n) is 10.0. The summed E-state index contributed by atoms with van der Waals surface area (Å²) in [6.07, 6.45) is 2.22. The van der Waals surface area contributed by atoms with Crippen LogP contribution in [0.3, 0.4) is 0 Å². The molecule has 2 aliphatic heterocycles. The van der Waals surface area contributed by atoms with Gasteiger partial charge in [-0.3, -0.25) is 15.1 Å². The number of nitro benzene ring substituents is 1. The number of para-hydroxylation sites is 2. The Balaban J connectivity index is 1.67. The van der Waals surface area contributed by atoms with Crippen LogP contribution in [0.4, 0.5) is 11.4 Å². The molecular weight excluding hydrogens is 434 g/mol. The maximum atomic E-state index is 13.6. The topological polar surface area (TPSA) is 119 Å². The Morgan fingerprint density at radius 1 is 1.22 bits per heavy atom. The number of nitrogens with zero attached hydrogens (tertiary/aromatic N) is 3. The number of rotatable bonds is 4. The van der Waals surface area contributed by atoms with Gasteiger partial charge in [0.25, 0.3) is 15.7 Å². The molecule has 0 spiro atoms. The molecule has 1 fully saturated rings. The van der Waals surface area contributed by atoms with Crippen molar-refractivity contribution in [3.05, 3.63) is 75.9 Å². The predicted octanol–water partition coefficient (Wildman–Crippen LogP) is 2.89. The summed E-state index contributed by atoms with van der Waals surface area (Å²) in [5.41, 5.74) is 1.23. The number of sulfonamides is 1. The van der Waals surface area contributed by atoms with E-state index in [1.807, 2.05) is 24.3 Å². The van der Waals surface area contributed by atoms with Crippen molar-refractivity contribution in [2.45, 2.75) is 29.2 Å². The van der Waals surface area contributed by atoms with Crippen LogP contribution in [0.15, 0.2) is 70.1 Å². The molecule has 0 aromatic heterocycles. The van der Waals surface area contributed by atoms with Crippen LogP contribution in [0.5, 0.6) is 0 Å². The zero-order chi connectivity index (χ0) is 22.7. The van der Waals surface area contributed by atoms with Gasteiger partial charge in [-0.15, -0.1) is 0 Å². The average Bonchev–Trinajstić information content (AvgIpc) is 3.15. The van der Waals surface area contributed by atoms with Gasteiger partial charge >= 0.3 is 5.97 Å². The molecule has 32 heavy (non-hydrogen) atoms. The fraction of sp³-hybridized carbons (Fsp3) is 0.273. The van der Waals surface area contributed by atoms with Crippen molar-refractivity contribution in [1.29, 1.82) is 0 Å². The van der Waals surface area contributed by atoms with Gasteiger partial charge in [-0.05, 0) is 30.5 Å². The van der Waals surface area contributed by atoms with Crippen molar-refractivity contribution in [3.8, 4) is 0 Å². The second kappa shape index (κ2) is 7.07. The first kappa shape index (κ1) is 20.5. The highest BCUT2D eigenvalue weighted by molar-refractivity contribution is 7.89. The summed E-state index contributed by atoms with van der Waals surface area (Å²) >= 11 is 0. The zero-order valence-corrected chi connectivity index (χ0v) is 17.9. The largest absolute Gasteiger partial charge is 0.466 e. The molecule has 1 saturated heterocycles. The smallest absolute Gasteiger partial charge is 0.334 e. The molecule has 0 amide bonds. The van der Waals surface area contributed by atoms with Crippen molar-refractivity contribution >= 4 is 33.1 Å². The van der Waals surface area contributed by atoms with Crippen LogP contribution in [-0.4, -0.2) is 49.0 Å². The third-order valence-corrected chi connectivity index (χ3v) is 8.43. The lowest BCUT2D eigenvalue weighted by atomic mass is 9.62. The number of hydrogen-bond acceptors (Lipinski definition) is 7. The molecule has 2 aromatic carbocycles. The van der Waals surface area contributed by atoms with Gasteiger partial charge in [-0.1, -0.05) is 36.4 Å². The molecule has 2 bridgehead atoms. The average molecular weight is 453 g/mol. The van der Waals surface area contributed by atoms with E-state index < -0.39 is 38.1 Å². The Morgan fingerprint density at radius 2 is 1.94 bits per heavy atom. The molecule has 2 aromatic rings. The van der Waals surface area contributed by atoms with Gasteiger partial charge < -0.3 is 4.74 Å². The molecule has 5 rings (SSSR count). The van der Waals surface area contributed by atoms with Crippen molar-refractivity contribution < 1.29 is 22.9 Å². The third-order valence-electron chi connectivity index (χ3n) is 6.47. The molecule has 9 nitrogen and oxygen atoms in total. The van der Waals surface area contributed by atoms with Gasteiger partial charge in [0, 0.05) is 18.2 Å². The minimum Gasteiger partial charge on any atom is -0.466 e. The summed E-state index contributed by atoms with van der Waals surface area (Å²) in [7, 11) is -2.88. The summed E-state index contributed by atoms with van der Waals surface area (Å²) in [4.78, 5) is 27.9. The molecule has 2 heterocycles. The molecule has 2 unspecified atom stereocenters. The number of ether oxygens (including phenoxy) is 1. The first-order valence-corrected chi connectivity index (χ1v) is 11.5. The number of aliphatic imine (C=N–C) groups is 1. The number of carbonyl (C=O) groups excluding carboxylic acids is 1. The summed E-state index contributed by atoms with van der Waals surface area (Å²) in [6, 6.07) is 12.1. The van der Waals surface area contributed by atoms with Crippen LogP contribution in [0.25, 0.3) is 0 Å². The third kappa shape index (κ3) is 2.63. The summed E-state index contributed by atoms with van der Waals surface area (Å²) in [5, 5.41) is 11.5. The van der Waals surface area contributed by atoms with Gasteiger partial charge in [0.15, 0.2) is 4.90 Å². The fourth-order valence-corrected chi connectivity index (χ4v) is 6.91. The molecular formula is C22H19N3O6S. The lowest BCUT2D eigenvalue weighted by Crippen LogP contribution is -2.60. The number of carbonyl (C=O) groups is 1. The van der Waals surface area contributed by atoms with Crippen LogP contribution in [0, 0.1) is 10.1 Å². The minimum absolute atomic E-state index is 0.0841. The lowest BCUT2D eigenvalue weighted by Gasteiger charge is -2.48.